The van der Waals surface area contributed by atoms with Crippen molar-refractivity contribution in [2.75, 3.05) is 7.11 Å². The summed E-state index contributed by atoms with van der Waals surface area (Å²) in [5.74, 6) is -10.0. The molecule has 2 fully saturated rings. The molecule has 0 bridgehead atoms. The van der Waals surface area contributed by atoms with Gasteiger partial charge in [0.1, 0.15) is 11.5 Å². The first-order valence-corrected chi connectivity index (χ1v) is 11.7. The van der Waals surface area contributed by atoms with Gasteiger partial charge in [-0.25, -0.2) is 0 Å². The van der Waals surface area contributed by atoms with Crippen LogP contribution in [0.2, 0.25) is 5.02 Å². The number of ketones is 4. The maximum Gasteiger partial charge on any atom is 0.235 e. The maximum absolute atomic E-state index is 13.7. The Morgan fingerprint density at radius 3 is 2.47 bits per heavy atom. The van der Waals surface area contributed by atoms with E-state index in [1.807, 2.05) is 0 Å². The lowest BCUT2D eigenvalue weighted by Gasteiger charge is -2.48. The number of fused-ring (bicyclic) bond motifs is 3. The number of nitrogens with two attached hydrogens (primary N) is 1. The van der Waals surface area contributed by atoms with E-state index in [2.05, 4.69) is 0 Å². The van der Waals surface area contributed by atoms with Gasteiger partial charge in [-0.3, -0.25) is 24.0 Å². The molecule has 186 valence electrons. The Morgan fingerprint density at radius 1 is 1.08 bits per heavy atom. The van der Waals surface area contributed by atoms with Gasteiger partial charge in [-0.05, 0) is 54.2 Å². The van der Waals surface area contributed by atoms with E-state index in [4.69, 9.17) is 22.1 Å². The van der Waals surface area contributed by atoms with E-state index in [1.165, 1.54) is 13.2 Å². The van der Waals surface area contributed by atoms with Crippen molar-refractivity contribution >= 4 is 40.6 Å². The highest BCUT2D eigenvalue weighted by atomic mass is 35.5. The second-order valence-electron chi connectivity index (χ2n) is 9.57. The predicted molar refractivity (Wildman–Crippen MR) is 125 cm³/mol. The molecule has 0 radical (unpaired) electrons. The SMILES string of the molecule is COc1ccc(Cl)cc1-c1ccc(O)c2c1C[C@H]1C[C@H]3CC(=O)C(C(N)=O)C(=O)[C@@]3(O)C(=O)C1C2=O. The van der Waals surface area contributed by atoms with Crippen molar-refractivity contribution < 1.29 is 38.9 Å². The summed E-state index contributed by atoms with van der Waals surface area (Å²) in [5, 5.41) is 22.3. The molecule has 2 unspecified atom stereocenters. The van der Waals surface area contributed by atoms with Gasteiger partial charge >= 0.3 is 0 Å². The van der Waals surface area contributed by atoms with Gasteiger partial charge in [-0.2, -0.15) is 0 Å². The molecule has 3 aliphatic carbocycles. The largest absolute Gasteiger partial charge is 0.507 e. The van der Waals surface area contributed by atoms with Gasteiger partial charge < -0.3 is 20.7 Å². The van der Waals surface area contributed by atoms with E-state index >= 15 is 0 Å². The highest BCUT2D eigenvalue weighted by molar-refractivity contribution is 6.32. The van der Waals surface area contributed by atoms with Crippen LogP contribution in [0.1, 0.15) is 28.8 Å². The number of Topliss-reactive ketones (excluding diaryl/α,β-unsaturated/α-hetero) is 4. The van der Waals surface area contributed by atoms with Crippen molar-refractivity contribution in [1.82, 2.24) is 0 Å². The topological polar surface area (TPSA) is 161 Å². The van der Waals surface area contributed by atoms with Crippen LogP contribution >= 0.6 is 11.6 Å². The van der Waals surface area contributed by atoms with E-state index in [1.54, 1.807) is 24.3 Å². The summed E-state index contributed by atoms with van der Waals surface area (Å²) in [6.07, 6.45) is -0.214. The first-order valence-electron chi connectivity index (χ1n) is 11.4. The molecule has 0 heterocycles. The van der Waals surface area contributed by atoms with Crippen LogP contribution < -0.4 is 10.5 Å². The van der Waals surface area contributed by atoms with Crippen LogP contribution in [0.4, 0.5) is 0 Å². The van der Waals surface area contributed by atoms with Crippen LogP contribution in [0.25, 0.3) is 11.1 Å². The normalized spacial score (nSPS) is 29.3. The number of phenols is 1. The molecule has 10 heteroatoms. The summed E-state index contributed by atoms with van der Waals surface area (Å²) in [5.41, 5.74) is 4.07. The number of carbonyl (C=O) groups is 5. The molecule has 4 N–H and O–H groups in total. The summed E-state index contributed by atoms with van der Waals surface area (Å²) in [4.78, 5) is 64.5. The Balaban J connectivity index is 1.64. The zero-order valence-electron chi connectivity index (χ0n) is 19.1. The lowest BCUT2D eigenvalue weighted by Crippen LogP contribution is -2.68. The van der Waals surface area contributed by atoms with Gasteiger partial charge in [0.25, 0.3) is 0 Å². The highest BCUT2D eigenvalue weighted by Gasteiger charge is 2.66. The molecule has 3 aliphatic rings. The lowest BCUT2D eigenvalue weighted by molar-refractivity contribution is -0.175. The molecule has 1 amide bonds. The number of hydrogen-bond acceptors (Lipinski definition) is 8. The molecule has 5 rings (SSSR count). The van der Waals surface area contributed by atoms with Crippen LogP contribution in [0.3, 0.4) is 0 Å². The smallest absolute Gasteiger partial charge is 0.235 e. The van der Waals surface area contributed by atoms with Crippen molar-refractivity contribution in [3.05, 3.63) is 46.5 Å². The number of methoxy groups -OCH3 is 1. The monoisotopic (exact) mass is 511 g/mol. The van der Waals surface area contributed by atoms with Crippen molar-refractivity contribution in [3.63, 3.8) is 0 Å². The molecule has 2 aromatic carbocycles. The Bertz CT molecular complexity index is 1380. The maximum atomic E-state index is 13.7. The fraction of sp³-hybridized carbons (Fsp3) is 0.346. The van der Waals surface area contributed by atoms with E-state index in [0.29, 0.717) is 27.5 Å². The number of benzene rings is 2. The van der Waals surface area contributed by atoms with Crippen molar-refractivity contribution in [1.29, 1.82) is 0 Å². The number of hydrogen-bond donors (Lipinski definition) is 3. The zero-order chi connectivity index (χ0) is 26.1. The van der Waals surface area contributed by atoms with Gasteiger partial charge in [0.05, 0.1) is 18.6 Å². The third-order valence-electron chi connectivity index (χ3n) is 7.74. The van der Waals surface area contributed by atoms with Gasteiger partial charge in [0.15, 0.2) is 34.7 Å². The molecule has 2 aromatic rings. The number of amides is 1. The Hall–Kier alpha value is -3.56. The van der Waals surface area contributed by atoms with E-state index in [9.17, 15) is 34.2 Å². The Kier molecular flexibility index (Phi) is 5.53. The Labute approximate surface area is 210 Å². The van der Waals surface area contributed by atoms with Crippen LogP contribution in [-0.2, 0) is 25.6 Å². The van der Waals surface area contributed by atoms with Gasteiger partial charge in [0, 0.05) is 22.9 Å². The summed E-state index contributed by atoms with van der Waals surface area (Å²) in [7, 11) is 1.48. The number of aliphatic hydroxyl groups is 1. The van der Waals surface area contributed by atoms with Crippen molar-refractivity contribution in [2.24, 2.45) is 29.4 Å². The third kappa shape index (κ3) is 3.23. The van der Waals surface area contributed by atoms with Crippen LogP contribution in [0.5, 0.6) is 11.5 Å². The molecule has 2 saturated carbocycles. The molecular formula is C26H22ClNO8. The fourth-order valence-corrected chi connectivity index (χ4v) is 6.28. The van der Waals surface area contributed by atoms with Crippen molar-refractivity contribution in [2.45, 2.75) is 24.9 Å². The first kappa shape index (κ1) is 24.1. The standard InChI is InChI=1S/C26H22ClNO8/c1-36-18-5-2-12(27)9-14(18)13-3-4-16(29)20-15(13)7-10-6-11-8-17(30)21(25(28)34)24(33)26(11,35)23(32)19(10)22(20)31/h2-5,9-11,19,21,29,35H,6-8H2,1H3,(H2,28,34)/t10-,11+,19?,21?,26+/m1/s1. The summed E-state index contributed by atoms with van der Waals surface area (Å²) in [6.45, 7) is 0. The zero-order valence-corrected chi connectivity index (χ0v) is 19.9. The average molecular weight is 512 g/mol. The minimum absolute atomic E-state index is 0.0167. The summed E-state index contributed by atoms with van der Waals surface area (Å²) in [6, 6.07) is 7.93. The molecule has 0 saturated heterocycles. The number of carbonyl (C=O) groups excluding carboxylic acids is 5. The molecule has 0 spiro atoms. The number of primary amides is 1. The lowest BCUT2D eigenvalue weighted by atomic mass is 9.53. The van der Waals surface area contributed by atoms with Crippen LogP contribution in [0.15, 0.2) is 30.3 Å². The molecule has 5 atom stereocenters. The predicted octanol–water partition coefficient (Wildman–Crippen LogP) is 1.66. The van der Waals surface area contributed by atoms with Gasteiger partial charge in [0.2, 0.25) is 5.91 Å². The fourth-order valence-electron chi connectivity index (χ4n) is 6.11. The molecular weight excluding hydrogens is 490 g/mol. The van der Waals surface area contributed by atoms with E-state index in [0.717, 1.165) is 0 Å². The second-order valence-corrected chi connectivity index (χ2v) is 10.0. The molecule has 0 aromatic heterocycles. The minimum atomic E-state index is -2.68. The number of halogens is 1. The minimum Gasteiger partial charge on any atom is -0.507 e. The number of ether oxygens (including phenoxy) is 1. The quantitative estimate of drug-likeness (QED) is 0.524. The Morgan fingerprint density at radius 2 is 1.81 bits per heavy atom. The number of rotatable bonds is 3. The van der Waals surface area contributed by atoms with Crippen molar-refractivity contribution in [3.8, 4) is 22.6 Å². The van der Waals surface area contributed by atoms with Gasteiger partial charge in [-0.15, -0.1) is 0 Å². The average Bonchev–Trinajstić information content (AvgIpc) is 2.81. The van der Waals surface area contributed by atoms with E-state index in [-0.39, 0.29) is 30.6 Å². The summed E-state index contributed by atoms with van der Waals surface area (Å²) < 4.78 is 5.46. The summed E-state index contributed by atoms with van der Waals surface area (Å²) >= 11 is 6.21. The number of aromatic hydroxyl groups is 1. The highest BCUT2D eigenvalue weighted by Crippen LogP contribution is 2.51. The first-order chi connectivity index (χ1) is 17.0. The van der Waals surface area contributed by atoms with Crippen LogP contribution in [-0.4, -0.2) is 52.0 Å². The molecule has 0 aliphatic heterocycles. The molecule has 9 nitrogen and oxygen atoms in total. The van der Waals surface area contributed by atoms with Crippen LogP contribution in [0, 0.1) is 23.7 Å². The van der Waals surface area contributed by atoms with E-state index < -0.39 is 58.3 Å². The second kappa shape index (κ2) is 8.25. The number of phenolic OH excluding ortho intramolecular Hbond substituents is 1. The third-order valence-corrected chi connectivity index (χ3v) is 7.97. The molecule has 36 heavy (non-hydrogen) atoms. The van der Waals surface area contributed by atoms with Gasteiger partial charge in [-0.1, -0.05) is 17.7 Å².